The van der Waals surface area contributed by atoms with Gasteiger partial charge in [-0.15, -0.1) is 0 Å². The van der Waals surface area contributed by atoms with Crippen molar-refractivity contribution in [3.8, 4) is 0 Å². The number of carbonyl (C=O) groups excluding carboxylic acids is 1. The van der Waals surface area contributed by atoms with Crippen molar-refractivity contribution < 1.29 is 24.2 Å². The molecule has 1 aliphatic rings. The van der Waals surface area contributed by atoms with Crippen LogP contribution >= 0.6 is 0 Å². The minimum absolute atomic E-state index is 0.0202. The van der Waals surface area contributed by atoms with Crippen molar-refractivity contribution in [2.75, 3.05) is 13.1 Å². The van der Waals surface area contributed by atoms with Crippen LogP contribution in [0, 0.1) is 13.8 Å². The first-order valence-electron chi connectivity index (χ1n) is 7.57. The van der Waals surface area contributed by atoms with Crippen molar-refractivity contribution in [2.24, 2.45) is 0 Å². The number of aryl methyl sites for hydroxylation is 2. The number of amides is 1. The molecule has 3 rings (SSSR count). The first-order valence-corrected chi connectivity index (χ1v) is 7.57. The van der Waals surface area contributed by atoms with Crippen LogP contribution in [0.15, 0.2) is 22.6 Å². The molecule has 122 valence electrons. The summed E-state index contributed by atoms with van der Waals surface area (Å²) in [4.78, 5) is 25.3. The lowest BCUT2D eigenvalue weighted by Crippen LogP contribution is -2.50. The number of benzene rings is 1. The van der Waals surface area contributed by atoms with Gasteiger partial charge in [0.25, 0.3) is 5.91 Å². The third kappa shape index (κ3) is 2.49. The lowest BCUT2D eigenvalue weighted by Gasteiger charge is -2.34. The fourth-order valence-electron chi connectivity index (χ4n) is 3.03. The lowest BCUT2D eigenvalue weighted by atomic mass is 9.91. The number of piperidine rings is 1. The molecule has 1 fully saturated rings. The highest BCUT2D eigenvalue weighted by molar-refractivity contribution is 5.99. The van der Waals surface area contributed by atoms with Gasteiger partial charge in [-0.25, -0.2) is 4.79 Å². The first kappa shape index (κ1) is 15.6. The Kier molecular flexibility index (Phi) is 3.64. The van der Waals surface area contributed by atoms with E-state index in [0.29, 0.717) is 5.58 Å². The van der Waals surface area contributed by atoms with E-state index in [0.717, 1.165) is 16.5 Å². The molecular weight excluding hydrogens is 298 g/mol. The maximum atomic E-state index is 12.7. The van der Waals surface area contributed by atoms with Gasteiger partial charge in [0.05, 0.1) is 0 Å². The number of fused-ring (bicyclic) bond motifs is 1. The zero-order valence-electron chi connectivity index (χ0n) is 13.1. The number of likely N-dealkylation sites (tertiary alicyclic amines) is 1. The van der Waals surface area contributed by atoms with Crippen LogP contribution in [0.4, 0.5) is 0 Å². The first-order chi connectivity index (χ1) is 10.8. The van der Waals surface area contributed by atoms with Crippen molar-refractivity contribution in [3.63, 3.8) is 0 Å². The van der Waals surface area contributed by atoms with Gasteiger partial charge in [0.15, 0.2) is 11.4 Å². The van der Waals surface area contributed by atoms with E-state index in [1.54, 1.807) is 0 Å². The topological polar surface area (TPSA) is 91.0 Å². The number of hydrogen-bond donors (Lipinski definition) is 2. The Morgan fingerprint density at radius 1 is 1.22 bits per heavy atom. The molecule has 1 aromatic carbocycles. The van der Waals surface area contributed by atoms with Crippen molar-refractivity contribution in [2.45, 2.75) is 32.3 Å². The number of carbonyl (C=O) groups is 2. The minimum atomic E-state index is -1.74. The zero-order chi connectivity index (χ0) is 16.8. The zero-order valence-corrected chi connectivity index (χ0v) is 13.1. The van der Waals surface area contributed by atoms with Gasteiger partial charge >= 0.3 is 5.97 Å². The Morgan fingerprint density at radius 2 is 1.87 bits per heavy atom. The van der Waals surface area contributed by atoms with Crippen molar-refractivity contribution in [1.82, 2.24) is 4.90 Å². The summed E-state index contributed by atoms with van der Waals surface area (Å²) in [6.07, 6.45) is 0.0404. The standard InChI is InChI=1S/C17H19NO5/c1-10-4-3-5-12-11(2)14(23-13(10)12)15(19)18-8-6-17(22,7-9-18)16(20)21/h3-5,22H,6-9H2,1-2H3,(H,20,21). The van der Waals surface area contributed by atoms with Crippen LogP contribution in [-0.4, -0.2) is 45.7 Å². The second-order valence-electron chi connectivity index (χ2n) is 6.14. The molecule has 6 heteroatoms. The Balaban J connectivity index is 1.86. The van der Waals surface area contributed by atoms with E-state index in [9.17, 15) is 14.7 Å². The largest absolute Gasteiger partial charge is 0.479 e. The average molecular weight is 317 g/mol. The van der Waals surface area contributed by atoms with Gasteiger partial charge in [-0.2, -0.15) is 0 Å². The fourth-order valence-corrected chi connectivity index (χ4v) is 3.03. The summed E-state index contributed by atoms with van der Waals surface area (Å²) in [7, 11) is 0. The molecule has 0 unspecified atom stereocenters. The minimum Gasteiger partial charge on any atom is -0.479 e. The monoisotopic (exact) mass is 317 g/mol. The highest BCUT2D eigenvalue weighted by Gasteiger charge is 2.41. The third-order valence-electron chi connectivity index (χ3n) is 4.63. The normalized spacial score (nSPS) is 17.4. The molecule has 0 atom stereocenters. The quantitative estimate of drug-likeness (QED) is 0.885. The van der Waals surface area contributed by atoms with Crippen LogP contribution in [0.2, 0.25) is 0 Å². The molecule has 6 nitrogen and oxygen atoms in total. The predicted molar refractivity (Wildman–Crippen MR) is 83.4 cm³/mol. The van der Waals surface area contributed by atoms with E-state index in [1.807, 2.05) is 32.0 Å². The number of aliphatic hydroxyl groups is 1. The van der Waals surface area contributed by atoms with Crippen LogP contribution in [-0.2, 0) is 4.79 Å². The van der Waals surface area contributed by atoms with E-state index < -0.39 is 11.6 Å². The van der Waals surface area contributed by atoms with Crippen molar-refractivity contribution in [3.05, 3.63) is 35.1 Å². The molecule has 1 aliphatic heterocycles. The highest BCUT2D eigenvalue weighted by Crippen LogP contribution is 2.30. The van der Waals surface area contributed by atoms with Crippen molar-refractivity contribution >= 4 is 22.8 Å². The second kappa shape index (κ2) is 5.38. The van der Waals surface area contributed by atoms with Crippen LogP contribution in [0.1, 0.15) is 34.5 Å². The summed E-state index contributed by atoms with van der Waals surface area (Å²) in [5.41, 5.74) is 0.708. The molecule has 0 spiro atoms. The van der Waals surface area contributed by atoms with Gasteiger partial charge in [-0.05, 0) is 19.4 Å². The summed E-state index contributed by atoms with van der Waals surface area (Å²) in [5.74, 6) is -1.21. The Morgan fingerprint density at radius 3 is 2.43 bits per heavy atom. The molecule has 2 N–H and O–H groups in total. The van der Waals surface area contributed by atoms with E-state index in [1.165, 1.54) is 4.90 Å². The van der Waals surface area contributed by atoms with Crippen LogP contribution < -0.4 is 0 Å². The highest BCUT2D eigenvalue weighted by atomic mass is 16.4. The Hall–Kier alpha value is -2.34. The second-order valence-corrected chi connectivity index (χ2v) is 6.14. The summed E-state index contributed by atoms with van der Waals surface area (Å²) in [5, 5.41) is 19.9. The number of aliphatic carboxylic acids is 1. The molecule has 1 saturated heterocycles. The summed E-state index contributed by atoms with van der Waals surface area (Å²) < 4.78 is 5.77. The summed E-state index contributed by atoms with van der Waals surface area (Å²) >= 11 is 0. The molecule has 23 heavy (non-hydrogen) atoms. The molecule has 1 amide bonds. The number of carboxylic acids is 1. The molecule has 0 aliphatic carbocycles. The van der Waals surface area contributed by atoms with Crippen LogP contribution in [0.3, 0.4) is 0 Å². The van der Waals surface area contributed by atoms with Gasteiger partial charge in [-0.1, -0.05) is 18.2 Å². The molecule has 2 heterocycles. The Bertz CT molecular complexity index is 784. The molecule has 0 saturated carbocycles. The van der Waals surface area contributed by atoms with Gasteiger partial charge in [-0.3, -0.25) is 4.79 Å². The van der Waals surface area contributed by atoms with E-state index in [2.05, 4.69) is 0 Å². The molecular formula is C17H19NO5. The number of para-hydroxylation sites is 1. The molecule has 1 aromatic heterocycles. The number of furan rings is 1. The van der Waals surface area contributed by atoms with Crippen LogP contribution in [0.5, 0.6) is 0 Å². The van der Waals surface area contributed by atoms with Crippen molar-refractivity contribution in [1.29, 1.82) is 0 Å². The summed E-state index contributed by atoms with van der Waals surface area (Å²) in [6, 6.07) is 5.76. The lowest BCUT2D eigenvalue weighted by molar-refractivity contribution is -0.162. The SMILES string of the molecule is Cc1c(C(=O)N2CCC(O)(C(=O)O)CC2)oc2c(C)cccc12. The van der Waals surface area contributed by atoms with E-state index in [4.69, 9.17) is 9.52 Å². The Labute approximate surface area is 133 Å². The van der Waals surface area contributed by atoms with E-state index in [-0.39, 0.29) is 37.6 Å². The molecule has 0 bridgehead atoms. The van der Waals surface area contributed by atoms with Gasteiger partial charge in [0.2, 0.25) is 0 Å². The van der Waals surface area contributed by atoms with E-state index >= 15 is 0 Å². The predicted octanol–water partition coefficient (Wildman–Crippen LogP) is 2.10. The van der Waals surface area contributed by atoms with Gasteiger partial charge < -0.3 is 19.5 Å². The average Bonchev–Trinajstić information content (AvgIpc) is 2.86. The van der Waals surface area contributed by atoms with Gasteiger partial charge in [0.1, 0.15) is 5.58 Å². The molecule has 0 radical (unpaired) electrons. The van der Waals surface area contributed by atoms with Crippen LogP contribution in [0.25, 0.3) is 11.0 Å². The maximum absolute atomic E-state index is 12.7. The number of hydrogen-bond acceptors (Lipinski definition) is 4. The smallest absolute Gasteiger partial charge is 0.335 e. The van der Waals surface area contributed by atoms with Gasteiger partial charge in [0, 0.05) is 36.9 Å². The fraction of sp³-hybridized carbons (Fsp3) is 0.412. The summed E-state index contributed by atoms with van der Waals surface area (Å²) in [6.45, 7) is 4.15. The number of carboxylic acid groups (broad SMARTS) is 1. The molecule has 2 aromatic rings. The maximum Gasteiger partial charge on any atom is 0.335 e. The number of nitrogens with zero attached hydrogens (tertiary/aromatic N) is 1. The third-order valence-corrected chi connectivity index (χ3v) is 4.63. The number of rotatable bonds is 2.